The van der Waals surface area contributed by atoms with Gasteiger partial charge in [0.1, 0.15) is 5.69 Å². The monoisotopic (exact) mass is 638 g/mol. The molecule has 0 unspecified atom stereocenters. The van der Waals surface area contributed by atoms with Gasteiger partial charge in [0.25, 0.3) is 0 Å². The van der Waals surface area contributed by atoms with Gasteiger partial charge in [-0.15, -0.1) is 50.9 Å². The second kappa shape index (κ2) is 10.7. The minimum absolute atomic E-state index is 0. The quantitative estimate of drug-likeness (QED) is 0.240. The molecule has 1 fully saturated rings. The number of nitrogens with zero attached hydrogens (tertiary/aromatic N) is 6. The number of likely N-dealkylation sites (tertiary alicyclic amines) is 1. The molecule has 0 aliphatic carbocycles. The molecular weight excluding hydrogens is 612 g/mol. The molecule has 3 aromatic heterocycles. The Labute approximate surface area is 224 Å². The smallest absolute Gasteiger partial charge is 0.215 e. The van der Waals surface area contributed by atoms with E-state index in [9.17, 15) is 0 Å². The summed E-state index contributed by atoms with van der Waals surface area (Å²) >= 11 is 0. The summed E-state index contributed by atoms with van der Waals surface area (Å²) in [6.07, 6.45) is 6.15. The number of para-hydroxylation sites is 4. The Kier molecular flexibility index (Phi) is 8.42. The summed E-state index contributed by atoms with van der Waals surface area (Å²) in [5, 5.41) is 0. The first-order valence-corrected chi connectivity index (χ1v) is 10.9. The molecule has 0 amide bonds. The number of rotatable bonds is 4. The van der Waals surface area contributed by atoms with Crippen LogP contribution in [0.3, 0.4) is 0 Å². The third-order valence-electron chi connectivity index (χ3n) is 6.47. The first-order valence-electron chi connectivity index (χ1n) is 10.9. The zero-order valence-electron chi connectivity index (χ0n) is 18.6. The fourth-order valence-corrected chi connectivity index (χ4v) is 4.87. The van der Waals surface area contributed by atoms with E-state index in [0.717, 1.165) is 41.4 Å². The average molecular weight is 641 g/mol. The van der Waals surface area contributed by atoms with Crippen molar-refractivity contribution in [3.05, 3.63) is 54.7 Å². The molecule has 176 valence electrons. The van der Waals surface area contributed by atoms with Crippen LogP contribution in [0.25, 0.3) is 39.4 Å². The Morgan fingerprint density at radius 2 is 1.42 bits per heavy atom. The van der Waals surface area contributed by atoms with E-state index in [1.165, 1.54) is 43.4 Å². The number of hydrogen-bond donors (Lipinski definition) is 0. The maximum atomic E-state index is 5.06. The summed E-state index contributed by atoms with van der Waals surface area (Å²) in [6, 6.07) is 16.9. The predicted molar refractivity (Wildman–Crippen MR) is 152 cm³/mol. The fraction of sp³-hybridized carbons (Fsp3) is 0.333. The van der Waals surface area contributed by atoms with E-state index in [0.29, 0.717) is 0 Å². The molecule has 2 aromatic carbocycles. The van der Waals surface area contributed by atoms with Crippen LogP contribution in [0.4, 0.5) is 0 Å². The number of fused-ring (bicyclic) bond motifs is 4. The molecule has 1 saturated heterocycles. The van der Waals surface area contributed by atoms with Gasteiger partial charge in [-0.3, -0.25) is 4.40 Å². The summed E-state index contributed by atoms with van der Waals surface area (Å²) in [6.45, 7) is 4.46. The lowest BCUT2D eigenvalue weighted by atomic mass is 10.1. The van der Waals surface area contributed by atoms with Gasteiger partial charge in [-0.1, -0.05) is 30.7 Å². The van der Waals surface area contributed by atoms with E-state index in [1.54, 1.807) is 0 Å². The molecule has 5 aromatic rings. The van der Waals surface area contributed by atoms with Crippen molar-refractivity contribution < 1.29 is 0 Å². The molecule has 9 heteroatoms. The van der Waals surface area contributed by atoms with E-state index in [4.69, 9.17) is 9.97 Å². The summed E-state index contributed by atoms with van der Waals surface area (Å²) in [5.74, 6) is 1.90. The third-order valence-corrected chi connectivity index (χ3v) is 6.47. The first kappa shape index (κ1) is 25.9. The van der Waals surface area contributed by atoms with Gasteiger partial charge in [0.2, 0.25) is 5.78 Å². The molecule has 0 radical (unpaired) electrons. The van der Waals surface area contributed by atoms with Crippen molar-refractivity contribution in [1.82, 2.24) is 28.4 Å². The molecule has 4 heterocycles. The van der Waals surface area contributed by atoms with Crippen molar-refractivity contribution in [2.45, 2.75) is 25.8 Å². The second-order valence-electron chi connectivity index (χ2n) is 8.32. The lowest BCUT2D eigenvalue weighted by Crippen LogP contribution is -2.32. The second-order valence-corrected chi connectivity index (χ2v) is 8.32. The topological polar surface area (TPSA) is 43.3 Å². The highest BCUT2D eigenvalue weighted by atomic mass is 79.9. The molecule has 0 N–H and O–H groups in total. The third kappa shape index (κ3) is 4.52. The Morgan fingerprint density at radius 3 is 2.15 bits per heavy atom. The number of halogens is 3. The van der Waals surface area contributed by atoms with Crippen LogP contribution in [-0.2, 0) is 13.6 Å². The highest BCUT2D eigenvalue weighted by molar-refractivity contribution is 8.93. The van der Waals surface area contributed by atoms with E-state index in [2.05, 4.69) is 74.1 Å². The molecular formula is C24H29Br3N6. The van der Waals surface area contributed by atoms with Crippen molar-refractivity contribution in [3.8, 4) is 11.5 Å². The van der Waals surface area contributed by atoms with Crippen molar-refractivity contribution >= 4 is 78.8 Å². The first-order chi connectivity index (χ1) is 14.8. The van der Waals surface area contributed by atoms with Gasteiger partial charge in [0.15, 0.2) is 5.82 Å². The van der Waals surface area contributed by atoms with Crippen molar-refractivity contribution in [3.63, 3.8) is 0 Å². The predicted octanol–water partition coefficient (Wildman–Crippen LogP) is 6.06. The Bertz CT molecular complexity index is 1360. The molecule has 1 aliphatic rings. The van der Waals surface area contributed by atoms with Gasteiger partial charge in [-0.25, -0.2) is 9.97 Å². The van der Waals surface area contributed by atoms with Crippen LogP contribution >= 0.6 is 50.9 Å². The van der Waals surface area contributed by atoms with Crippen LogP contribution in [0.15, 0.2) is 54.7 Å². The van der Waals surface area contributed by atoms with Gasteiger partial charge in [-0.05, 0) is 50.2 Å². The number of benzene rings is 2. The van der Waals surface area contributed by atoms with Crippen LogP contribution in [0.2, 0.25) is 0 Å². The lowest BCUT2D eigenvalue weighted by molar-refractivity contribution is 0.222. The highest BCUT2D eigenvalue weighted by Crippen LogP contribution is 2.27. The minimum atomic E-state index is 0. The van der Waals surface area contributed by atoms with Crippen molar-refractivity contribution in [1.29, 1.82) is 0 Å². The van der Waals surface area contributed by atoms with Gasteiger partial charge < -0.3 is 14.0 Å². The molecule has 0 saturated carbocycles. The average Bonchev–Trinajstić information content (AvgIpc) is 3.44. The number of imidazole rings is 3. The van der Waals surface area contributed by atoms with E-state index in [-0.39, 0.29) is 50.9 Å². The Balaban J connectivity index is 0.00000102. The zero-order valence-corrected chi connectivity index (χ0v) is 23.7. The Hall–Kier alpha value is -1.68. The number of aromatic nitrogens is 5. The SMILES string of the molecule is Br.Br.Br.Cn1c(-c2cn3c4ccccc4n(CCN4CCCCC4)c3n2)nc2ccccc21. The minimum Gasteiger partial charge on any atom is -0.326 e. The molecule has 0 bridgehead atoms. The van der Waals surface area contributed by atoms with Crippen LogP contribution in [0.5, 0.6) is 0 Å². The largest absolute Gasteiger partial charge is 0.326 e. The van der Waals surface area contributed by atoms with Gasteiger partial charge in [0.05, 0.1) is 22.1 Å². The number of piperidine rings is 1. The highest BCUT2D eigenvalue weighted by Gasteiger charge is 2.19. The van der Waals surface area contributed by atoms with Crippen LogP contribution < -0.4 is 0 Å². The maximum absolute atomic E-state index is 5.06. The summed E-state index contributed by atoms with van der Waals surface area (Å²) < 4.78 is 6.73. The van der Waals surface area contributed by atoms with Gasteiger partial charge >= 0.3 is 0 Å². The molecule has 6 rings (SSSR count). The van der Waals surface area contributed by atoms with E-state index in [1.807, 2.05) is 6.07 Å². The standard InChI is InChI=1S/C24H26N6.3BrH/c1-27-20-10-4-3-9-18(20)25-23(27)19-17-30-22-12-6-5-11-21(22)29(24(30)26-19)16-15-28-13-7-2-8-14-28;;;/h3-6,9-12,17H,2,7-8,13-16H2,1H3;3*1H. The molecule has 33 heavy (non-hydrogen) atoms. The van der Waals surface area contributed by atoms with Gasteiger partial charge in [-0.2, -0.15) is 0 Å². The summed E-state index contributed by atoms with van der Waals surface area (Å²) in [4.78, 5) is 12.5. The molecule has 0 atom stereocenters. The van der Waals surface area contributed by atoms with Gasteiger partial charge in [0, 0.05) is 26.3 Å². The Morgan fingerprint density at radius 1 is 0.758 bits per heavy atom. The number of aryl methyl sites for hydroxylation is 1. The van der Waals surface area contributed by atoms with Crippen LogP contribution in [-0.4, -0.2) is 48.0 Å². The summed E-state index contributed by atoms with van der Waals surface area (Å²) in [7, 11) is 2.07. The van der Waals surface area contributed by atoms with E-state index >= 15 is 0 Å². The van der Waals surface area contributed by atoms with Crippen LogP contribution in [0.1, 0.15) is 19.3 Å². The molecule has 0 spiro atoms. The molecule has 1 aliphatic heterocycles. The van der Waals surface area contributed by atoms with Crippen molar-refractivity contribution in [2.75, 3.05) is 19.6 Å². The fourth-order valence-electron chi connectivity index (χ4n) is 4.87. The van der Waals surface area contributed by atoms with E-state index < -0.39 is 0 Å². The van der Waals surface area contributed by atoms with Crippen molar-refractivity contribution in [2.24, 2.45) is 7.05 Å². The van der Waals surface area contributed by atoms with Crippen LogP contribution in [0, 0.1) is 0 Å². The zero-order chi connectivity index (χ0) is 20.1. The number of hydrogen-bond acceptors (Lipinski definition) is 3. The summed E-state index contributed by atoms with van der Waals surface area (Å²) in [5.41, 5.74) is 5.49. The molecule has 6 nitrogen and oxygen atoms in total. The normalized spacial score (nSPS) is 14.2. The lowest BCUT2D eigenvalue weighted by Gasteiger charge is -2.26. The maximum Gasteiger partial charge on any atom is 0.215 e.